The minimum atomic E-state index is -0.710. The Kier molecular flexibility index (Phi) is 7.37. The van der Waals surface area contributed by atoms with Crippen LogP contribution in [0.3, 0.4) is 0 Å². The van der Waals surface area contributed by atoms with Crippen molar-refractivity contribution >= 4 is 5.78 Å². The van der Waals surface area contributed by atoms with E-state index in [2.05, 4.69) is 13.8 Å². The lowest BCUT2D eigenvalue weighted by Crippen LogP contribution is -2.16. The lowest BCUT2D eigenvalue weighted by atomic mass is 10.0. The van der Waals surface area contributed by atoms with Crippen molar-refractivity contribution in [3.8, 4) is 0 Å². The summed E-state index contributed by atoms with van der Waals surface area (Å²) >= 11 is 0. The fourth-order valence-corrected chi connectivity index (χ4v) is 2.01. The molecule has 0 heterocycles. The Morgan fingerprint density at radius 1 is 1.30 bits per heavy atom. The molecule has 0 aliphatic rings. The Morgan fingerprint density at radius 3 is 2.70 bits per heavy atom. The number of Topliss-reactive ketones (excluding diaryl/α,β-unsaturated/α-hetero) is 1. The lowest BCUT2D eigenvalue weighted by molar-refractivity contribution is 0.0654. The highest BCUT2D eigenvalue weighted by atomic mass is 19.1. The summed E-state index contributed by atoms with van der Waals surface area (Å²) in [7, 11) is 0. The van der Waals surface area contributed by atoms with Crippen LogP contribution in [0, 0.1) is 17.6 Å². The van der Waals surface area contributed by atoms with Crippen molar-refractivity contribution in [2.45, 2.75) is 39.5 Å². The van der Waals surface area contributed by atoms with Gasteiger partial charge in [-0.3, -0.25) is 4.79 Å². The van der Waals surface area contributed by atoms with Crippen LogP contribution in [-0.2, 0) is 4.74 Å². The first-order chi connectivity index (χ1) is 9.58. The van der Waals surface area contributed by atoms with Gasteiger partial charge in [0.1, 0.15) is 18.2 Å². The number of hydrogen-bond acceptors (Lipinski definition) is 2. The zero-order chi connectivity index (χ0) is 15.0. The molecule has 1 aromatic rings. The molecule has 1 unspecified atom stereocenters. The topological polar surface area (TPSA) is 26.3 Å². The van der Waals surface area contributed by atoms with Crippen LogP contribution < -0.4 is 0 Å². The maximum absolute atomic E-state index is 13.4. The quantitative estimate of drug-likeness (QED) is 0.629. The van der Waals surface area contributed by atoms with E-state index >= 15 is 0 Å². The molecule has 0 saturated carbocycles. The normalized spacial score (nSPS) is 12.4. The molecule has 2 nitrogen and oxygen atoms in total. The molecule has 1 atom stereocenters. The molecule has 0 radical (unpaired) electrons. The third kappa shape index (κ3) is 5.37. The summed E-state index contributed by atoms with van der Waals surface area (Å²) in [5.41, 5.74) is -0.244. The van der Waals surface area contributed by atoms with Gasteiger partial charge in [-0.2, -0.15) is 0 Å². The molecule has 0 N–H and O–H groups in total. The molecule has 0 aliphatic heterocycles. The number of ether oxygens (including phenoxy) is 1. The Morgan fingerprint density at radius 2 is 2.05 bits per heavy atom. The van der Waals surface area contributed by atoms with Crippen molar-refractivity contribution in [2.75, 3.05) is 13.2 Å². The van der Waals surface area contributed by atoms with Crippen molar-refractivity contribution in [3.05, 3.63) is 35.4 Å². The highest BCUT2D eigenvalue weighted by molar-refractivity contribution is 5.97. The number of ketones is 1. The van der Waals surface area contributed by atoms with Crippen LogP contribution in [0.1, 0.15) is 49.9 Å². The fraction of sp³-hybridized carbons (Fsp3) is 0.562. The first kappa shape index (κ1) is 16.8. The van der Waals surface area contributed by atoms with Crippen LogP contribution in [0.25, 0.3) is 0 Å². The molecular formula is C16H22F2O2. The Labute approximate surface area is 119 Å². The van der Waals surface area contributed by atoms with E-state index in [0.717, 1.165) is 43.9 Å². The molecule has 1 aromatic carbocycles. The number of carbonyl (C=O) groups is 1. The SMILES string of the molecule is CCCCC(CC)COCC(=O)c1cc(F)ccc1F. The molecular weight excluding hydrogens is 262 g/mol. The van der Waals surface area contributed by atoms with Crippen LogP contribution in [-0.4, -0.2) is 19.0 Å². The third-order valence-electron chi connectivity index (χ3n) is 3.36. The minimum Gasteiger partial charge on any atom is -0.373 e. The monoisotopic (exact) mass is 284 g/mol. The molecule has 0 fully saturated rings. The zero-order valence-corrected chi connectivity index (χ0v) is 12.1. The summed E-state index contributed by atoms with van der Waals surface area (Å²) < 4.78 is 31.7. The van der Waals surface area contributed by atoms with Gasteiger partial charge in [-0.25, -0.2) is 8.78 Å². The number of carbonyl (C=O) groups excluding carboxylic acids is 1. The summed E-state index contributed by atoms with van der Waals surface area (Å²) in [6.07, 6.45) is 4.32. The predicted molar refractivity (Wildman–Crippen MR) is 74.8 cm³/mol. The number of halogens is 2. The number of benzene rings is 1. The lowest BCUT2D eigenvalue weighted by Gasteiger charge is -2.14. The standard InChI is InChI=1S/C16H22F2O2/c1-3-5-6-12(4-2)10-20-11-16(19)14-9-13(17)7-8-15(14)18/h7-9,12H,3-6,10-11H2,1-2H3. The maximum atomic E-state index is 13.4. The molecule has 0 aromatic heterocycles. The van der Waals surface area contributed by atoms with Gasteiger partial charge in [0, 0.05) is 6.61 Å². The van der Waals surface area contributed by atoms with E-state index in [1.54, 1.807) is 0 Å². The van der Waals surface area contributed by atoms with Gasteiger partial charge >= 0.3 is 0 Å². The first-order valence-corrected chi connectivity index (χ1v) is 7.14. The summed E-state index contributed by atoms with van der Waals surface area (Å²) in [5, 5.41) is 0. The number of unbranched alkanes of at least 4 members (excludes halogenated alkanes) is 1. The van der Waals surface area contributed by atoms with E-state index in [1.807, 2.05) is 0 Å². The van der Waals surface area contributed by atoms with Crippen LogP contribution in [0.4, 0.5) is 8.78 Å². The highest BCUT2D eigenvalue weighted by Crippen LogP contribution is 2.14. The van der Waals surface area contributed by atoms with Gasteiger partial charge in [0.2, 0.25) is 0 Å². The van der Waals surface area contributed by atoms with Crippen LogP contribution in [0.5, 0.6) is 0 Å². The second-order valence-electron chi connectivity index (χ2n) is 4.98. The Hall–Kier alpha value is -1.29. The summed E-state index contributed by atoms with van der Waals surface area (Å²) in [6, 6.07) is 2.86. The minimum absolute atomic E-state index is 0.205. The predicted octanol–water partition coefficient (Wildman–Crippen LogP) is 4.38. The molecule has 20 heavy (non-hydrogen) atoms. The molecule has 0 amide bonds. The largest absolute Gasteiger partial charge is 0.373 e. The van der Waals surface area contributed by atoms with Crippen molar-refractivity contribution in [2.24, 2.45) is 5.92 Å². The van der Waals surface area contributed by atoms with Gasteiger partial charge in [0.05, 0.1) is 5.56 Å². The zero-order valence-electron chi connectivity index (χ0n) is 12.1. The second kappa shape index (κ2) is 8.80. The fourth-order valence-electron chi connectivity index (χ4n) is 2.01. The van der Waals surface area contributed by atoms with Gasteiger partial charge in [0.15, 0.2) is 5.78 Å². The summed E-state index contributed by atoms with van der Waals surface area (Å²) in [6.45, 7) is 4.49. The van der Waals surface area contributed by atoms with E-state index in [4.69, 9.17) is 4.74 Å². The average molecular weight is 284 g/mol. The average Bonchev–Trinajstić information content (AvgIpc) is 2.45. The first-order valence-electron chi connectivity index (χ1n) is 7.14. The number of rotatable bonds is 9. The second-order valence-corrected chi connectivity index (χ2v) is 4.98. The maximum Gasteiger partial charge on any atom is 0.191 e. The van der Waals surface area contributed by atoms with Gasteiger partial charge in [-0.1, -0.05) is 33.1 Å². The van der Waals surface area contributed by atoms with E-state index in [0.29, 0.717) is 12.5 Å². The van der Waals surface area contributed by atoms with Crippen molar-refractivity contribution in [1.82, 2.24) is 0 Å². The Bertz CT molecular complexity index is 432. The molecule has 0 bridgehead atoms. The van der Waals surface area contributed by atoms with Gasteiger partial charge in [-0.15, -0.1) is 0 Å². The highest BCUT2D eigenvalue weighted by Gasteiger charge is 2.14. The molecule has 0 aliphatic carbocycles. The van der Waals surface area contributed by atoms with Gasteiger partial charge in [0.25, 0.3) is 0 Å². The van der Waals surface area contributed by atoms with E-state index in [9.17, 15) is 13.6 Å². The smallest absolute Gasteiger partial charge is 0.191 e. The van der Waals surface area contributed by atoms with Crippen LogP contribution in [0.2, 0.25) is 0 Å². The Balaban J connectivity index is 2.44. The van der Waals surface area contributed by atoms with Gasteiger partial charge < -0.3 is 4.74 Å². The van der Waals surface area contributed by atoms with Crippen molar-refractivity contribution < 1.29 is 18.3 Å². The third-order valence-corrected chi connectivity index (χ3v) is 3.36. The van der Waals surface area contributed by atoms with E-state index in [1.165, 1.54) is 0 Å². The summed E-state index contributed by atoms with van der Waals surface area (Å²) in [4.78, 5) is 11.8. The molecule has 1 rings (SSSR count). The van der Waals surface area contributed by atoms with E-state index in [-0.39, 0.29) is 12.2 Å². The van der Waals surface area contributed by atoms with Crippen LogP contribution in [0.15, 0.2) is 18.2 Å². The van der Waals surface area contributed by atoms with Crippen LogP contribution >= 0.6 is 0 Å². The molecule has 0 saturated heterocycles. The van der Waals surface area contributed by atoms with Crippen molar-refractivity contribution in [3.63, 3.8) is 0 Å². The molecule has 0 spiro atoms. The summed E-state index contributed by atoms with van der Waals surface area (Å²) in [5.74, 6) is -1.44. The van der Waals surface area contributed by atoms with Gasteiger partial charge in [-0.05, 0) is 30.5 Å². The molecule has 4 heteroatoms. The van der Waals surface area contributed by atoms with E-state index < -0.39 is 17.4 Å². The molecule has 112 valence electrons. The van der Waals surface area contributed by atoms with Crippen molar-refractivity contribution in [1.29, 1.82) is 0 Å². The number of hydrogen-bond donors (Lipinski definition) is 0.